The van der Waals surface area contributed by atoms with Crippen LogP contribution in [0.4, 0.5) is 11.5 Å². The summed E-state index contributed by atoms with van der Waals surface area (Å²) in [5.41, 5.74) is 11.4. The van der Waals surface area contributed by atoms with Gasteiger partial charge < -0.3 is 21.3 Å². The van der Waals surface area contributed by atoms with Crippen LogP contribution in [0.1, 0.15) is 6.42 Å². The van der Waals surface area contributed by atoms with Gasteiger partial charge in [-0.05, 0) is 6.07 Å². The average molecular weight is 183 g/mol. The molecular formula is C8H13N3O2. The minimum absolute atomic E-state index is 0.102. The second-order valence-corrected chi connectivity index (χ2v) is 2.55. The lowest BCUT2D eigenvalue weighted by molar-refractivity contribution is 0.229. The molecule has 0 atom stereocenters. The fourth-order valence-corrected chi connectivity index (χ4v) is 0.789. The average Bonchev–Trinajstić information content (AvgIpc) is 2.12. The van der Waals surface area contributed by atoms with Crippen molar-refractivity contribution in [2.24, 2.45) is 0 Å². The Morgan fingerprint density at radius 2 is 2.15 bits per heavy atom. The van der Waals surface area contributed by atoms with Gasteiger partial charge in [0.25, 0.3) is 0 Å². The summed E-state index contributed by atoms with van der Waals surface area (Å²) < 4.78 is 5.18. The third kappa shape index (κ3) is 2.79. The Labute approximate surface area is 76.3 Å². The molecule has 1 aromatic rings. The van der Waals surface area contributed by atoms with E-state index >= 15 is 0 Å². The molecule has 0 amide bonds. The lowest BCUT2D eigenvalue weighted by Gasteiger charge is -2.05. The molecule has 0 spiro atoms. The normalized spacial score (nSPS) is 9.92. The Morgan fingerprint density at radius 3 is 2.77 bits per heavy atom. The van der Waals surface area contributed by atoms with Crippen molar-refractivity contribution in [2.75, 3.05) is 24.7 Å². The molecule has 5 nitrogen and oxygen atoms in total. The molecule has 0 aliphatic carbocycles. The molecule has 5 heteroatoms. The molecule has 1 rings (SSSR count). The SMILES string of the molecule is Nc1ccc(OCCCO)nc1N. The van der Waals surface area contributed by atoms with Gasteiger partial charge in [-0.15, -0.1) is 0 Å². The molecule has 5 N–H and O–H groups in total. The van der Waals surface area contributed by atoms with Gasteiger partial charge in [0.05, 0.1) is 12.3 Å². The summed E-state index contributed by atoms with van der Waals surface area (Å²) >= 11 is 0. The Bertz CT molecular complexity index is 278. The fraction of sp³-hybridized carbons (Fsp3) is 0.375. The van der Waals surface area contributed by atoms with Gasteiger partial charge in [0.1, 0.15) is 0 Å². The maximum atomic E-state index is 8.50. The molecule has 1 heterocycles. The van der Waals surface area contributed by atoms with Crippen LogP contribution in [0.5, 0.6) is 5.88 Å². The summed E-state index contributed by atoms with van der Waals surface area (Å²) in [6, 6.07) is 3.28. The van der Waals surface area contributed by atoms with Crippen LogP contribution < -0.4 is 16.2 Å². The molecule has 0 aromatic carbocycles. The van der Waals surface area contributed by atoms with Gasteiger partial charge in [0.15, 0.2) is 5.82 Å². The van der Waals surface area contributed by atoms with Crippen molar-refractivity contribution in [2.45, 2.75) is 6.42 Å². The van der Waals surface area contributed by atoms with Gasteiger partial charge >= 0.3 is 0 Å². The van der Waals surface area contributed by atoms with Crippen molar-refractivity contribution >= 4 is 11.5 Å². The molecule has 0 saturated heterocycles. The van der Waals surface area contributed by atoms with Crippen LogP contribution in [0.15, 0.2) is 12.1 Å². The molecular weight excluding hydrogens is 170 g/mol. The van der Waals surface area contributed by atoms with Crippen LogP contribution in [0.25, 0.3) is 0 Å². The van der Waals surface area contributed by atoms with E-state index < -0.39 is 0 Å². The van der Waals surface area contributed by atoms with Crippen LogP contribution in [-0.4, -0.2) is 23.3 Å². The largest absolute Gasteiger partial charge is 0.478 e. The highest BCUT2D eigenvalue weighted by Gasteiger charge is 1.99. The smallest absolute Gasteiger partial charge is 0.215 e. The molecule has 0 aliphatic rings. The first-order valence-electron chi connectivity index (χ1n) is 3.99. The first kappa shape index (κ1) is 9.60. The molecule has 72 valence electrons. The maximum absolute atomic E-state index is 8.50. The number of aliphatic hydroxyl groups excluding tert-OH is 1. The van der Waals surface area contributed by atoms with Crippen molar-refractivity contribution in [3.63, 3.8) is 0 Å². The van der Waals surface area contributed by atoms with E-state index in [-0.39, 0.29) is 12.4 Å². The summed E-state index contributed by atoms with van der Waals surface area (Å²) in [7, 11) is 0. The highest BCUT2D eigenvalue weighted by Crippen LogP contribution is 2.16. The van der Waals surface area contributed by atoms with Gasteiger partial charge in [-0.1, -0.05) is 0 Å². The first-order chi connectivity index (χ1) is 6.24. The number of ether oxygens (including phenoxy) is 1. The van der Waals surface area contributed by atoms with E-state index in [1.54, 1.807) is 12.1 Å². The number of rotatable bonds is 4. The third-order valence-corrected chi connectivity index (χ3v) is 1.48. The van der Waals surface area contributed by atoms with E-state index in [2.05, 4.69) is 4.98 Å². The van der Waals surface area contributed by atoms with Crippen LogP contribution >= 0.6 is 0 Å². The Hall–Kier alpha value is -1.49. The van der Waals surface area contributed by atoms with Gasteiger partial charge in [-0.3, -0.25) is 0 Å². The molecule has 0 radical (unpaired) electrons. The Morgan fingerprint density at radius 1 is 1.38 bits per heavy atom. The first-order valence-corrected chi connectivity index (χ1v) is 3.99. The summed E-state index contributed by atoms with van der Waals surface area (Å²) in [5.74, 6) is 0.696. The van der Waals surface area contributed by atoms with Crippen molar-refractivity contribution in [1.29, 1.82) is 0 Å². The lowest BCUT2D eigenvalue weighted by atomic mass is 10.4. The zero-order chi connectivity index (χ0) is 9.68. The molecule has 0 bridgehead atoms. The second kappa shape index (κ2) is 4.51. The summed E-state index contributed by atoms with van der Waals surface area (Å²) in [4.78, 5) is 3.89. The van der Waals surface area contributed by atoms with Crippen LogP contribution in [0, 0.1) is 0 Å². The number of aliphatic hydroxyl groups is 1. The monoisotopic (exact) mass is 183 g/mol. The third-order valence-electron chi connectivity index (χ3n) is 1.48. The van der Waals surface area contributed by atoms with Crippen LogP contribution in [-0.2, 0) is 0 Å². The molecule has 0 fully saturated rings. The number of hydrogen-bond acceptors (Lipinski definition) is 5. The van der Waals surface area contributed by atoms with E-state index in [4.69, 9.17) is 21.3 Å². The highest BCUT2D eigenvalue weighted by molar-refractivity contribution is 5.58. The Balaban J connectivity index is 2.53. The van der Waals surface area contributed by atoms with Gasteiger partial charge in [-0.2, -0.15) is 4.98 Å². The molecule has 1 aromatic heterocycles. The number of aromatic nitrogens is 1. The minimum Gasteiger partial charge on any atom is -0.478 e. The van der Waals surface area contributed by atoms with E-state index in [9.17, 15) is 0 Å². The number of anilines is 2. The predicted octanol–water partition coefficient (Wildman–Crippen LogP) is 0.00720. The van der Waals surface area contributed by atoms with Crippen LogP contribution in [0.2, 0.25) is 0 Å². The number of nitrogen functional groups attached to an aromatic ring is 2. The van der Waals surface area contributed by atoms with E-state index in [1.807, 2.05) is 0 Å². The quantitative estimate of drug-likeness (QED) is 0.571. The predicted molar refractivity (Wildman–Crippen MR) is 50.3 cm³/mol. The lowest BCUT2D eigenvalue weighted by Crippen LogP contribution is -2.04. The number of nitrogens with two attached hydrogens (primary N) is 2. The zero-order valence-corrected chi connectivity index (χ0v) is 7.23. The number of nitrogens with zero attached hydrogens (tertiary/aromatic N) is 1. The molecule has 13 heavy (non-hydrogen) atoms. The van der Waals surface area contributed by atoms with Crippen molar-refractivity contribution in [3.8, 4) is 5.88 Å². The summed E-state index contributed by atoms with van der Waals surface area (Å²) in [5, 5.41) is 8.50. The fourth-order valence-electron chi connectivity index (χ4n) is 0.789. The Kier molecular flexibility index (Phi) is 3.33. The summed E-state index contributed by atoms with van der Waals surface area (Å²) in [6.07, 6.45) is 0.575. The summed E-state index contributed by atoms with van der Waals surface area (Å²) in [6.45, 7) is 0.525. The van der Waals surface area contributed by atoms with Crippen molar-refractivity contribution < 1.29 is 9.84 Å². The number of hydrogen-bond donors (Lipinski definition) is 3. The molecule has 0 unspecified atom stereocenters. The van der Waals surface area contributed by atoms with Crippen molar-refractivity contribution in [3.05, 3.63) is 12.1 Å². The van der Waals surface area contributed by atoms with Gasteiger partial charge in [0, 0.05) is 19.1 Å². The van der Waals surface area contributed by atoms with E-state index in [1.165, 1.54) is 0 Å². The maximum Gasteiger partial charge on any atom is 0.215 e. The second-order valence-electron chi connectivity index (χ2n) is 2.55. The van der Waals surface area contributed by atoms with Gasteiger partial charge in [-0.25, -0.2) is 0 Å². The van der Waals surface area contributed by atoms with Crippen LogP contribution in [0.3, 0.4) is 0 Å². The van der Waals surface area contributed by atoms with Crippen molar-refractivity contribution in [1.82, 2.24) is 4.98 Å². The zero-order valence-electron chi connectivity index (χ0n) is 7.23. The standard InChI is InChI=1S/C8H13N3O2/c9-6-2-3-7(11-8(6)10)13-5-1-4-12/h2-3,12H,1,4-5,9H2,(H2,10,11). The van der Waals surface area contributed by atoms with Gasteiger partial charge in [0.2, 0.25) is 5.88 Å². The van der Waals surface area contributed by atoms with E-state index in [0.29, 0.717) is 24.6 Å². The topological polar surface area (TPSA) is 94.4 Å². The molecule has 0 saturated carbocycles. The minimum atomic E-state index is 0.102. The molecule has 0 aliphatic heterocycles. The number of pyridine rings is 1. The highest BCUT2D eigenvalue weighted by atomic mass is 16.5. The van der Waals surface area contributed by atoms with E-state index in [0.717, 1.165) is 0 Å².